The summed E-state index contributed by atoms with van der Waals surface area (Å²) in [6.45, 7) is 3.84. The fraction of sp³-hybridized carbons (Fsp3) is 0.134. The summed E-state index contributed by atoms with van der Waals surface area (Å²) < 4.78 is 31.1. The number of hydrogen-bond acceptors (Lipinski definition) is 10. The third-order valence-electron chi connectivity index (χ3n) is 23.3. The van der Waals surface area contributed by atoms with E-state index in [4.69, 9.17) is 60.2 Å². The van der Waals surface area contributed by atoms with Crippen molar-refractivity contribution in [2.24, 2.45) is 25.0 Å². The summed E-state index contributed by atoms with van der Waals surface area (Å²) in [6.07, 6.45) is 6.45. The zero-order valence-corrected chi connectivity index (χ0v) is 81.8. The summed E-state index contributed by atoms with van der Waals surface area (Å²) in [5, 5.41) is 0.719. The molecule has 5 saturated heterocycles. The zero-order chi connectivity index (χ0) is 91.2. The summed E-state index contributed by atoms with van der Waals surface area (Å²) in [5.74, 6) is 9.64. The SMILES string of the molecule is C=Cc1ccc(C2CC(=Nc3ccccc3)N2c2ccc(OC)cc2)cc1.COc1ccc(N2C(=Nc3ccc(Br)cc3)CC2c2ccccc2)cc1.COc1ccc(N2C(=Nc3ccc(Cl)cc3)CC2c2ccc(I)cc2)cc1.COc1ccc(N2C(=Nc3ccccc3)CC2c2ccc(Br)cc2)cc1.COc1ccc(N2C(=Nc3ccccc3)CC2c2ccc(I)cc2)cc1. The van der Waals surface area contributed by atoms with Crippen molar-refractivity contribution < 1.29 is 23.7 Å². The lowest BCUT2D eigenvalue weighted by molar-refractivity contribution is 0.414. The van der Waals surface area contributed by atoms with Crippen molar-refractivity contribution in [1.82, 2.24) is 0 Å². The second kappa shape index (κ2) is 44.8. The van der Waals surface area contributed by atoms with Crippen LogP contribution in [-0.4, -0.2) is 64.7 Å². The van der Waals surface area contributed by atoms with Gasteiger partial charge in [-0.25, -0.2) is 25.0 Å². The van der Waals surface area contributed by atoms with Gasteiger partial charge in [-0.1, -0.05) is 202 Å². The van der Waals surface area contributed by atoms with E-state index < -0.39 is 0 Å². The Balaban J connectivity index is 0.000000120. The third-order valence-corrected chi connectivity index (χ3v) is 26.0. The first-order chi connectivity index (χ1) is 64.6. The van der Waals surface area contributed by atoms with Gasteiger partial charge in [-0.3, -0.25) is 0 Å². The fourth-order valence-electron chi connectivity index (χ4n) is 16.2. The van der Waals surface area contributed by atoms with Crippen LogP contribution in [0.4, 0.5) is 56.9 Å². The van der Waals surface area contributed by atoms with Gasteiger partial charge in [-0.05, 0) is 321 Å². The van der Waals surface area contributed by atoms with Gasteiger partial charge in [0, 0.05) is 81.6 Å². The first kappa shape index (κ1) is 92.4. The molecule has 0 amide bonds. The number of hydrogen-bond donors (Lipinski definition) is 0. The van der Waals surface area contributed by atoms with Crippen molar-refractivity contribution in [2.45, 2.75) is 62.3 Å². The number of amidine groups is 5. The molecule has 0 N–H and O–H groups in total. The average molecular weight is 2110 g/mol. The molecule has 5 heterocycles. The number of benzene rings is 15. The van der Waals surface area contributed by atoms with Crippen LogP contribution in [-0.2, 0) is 0 Å². The Kier molecular flexibility index (Phi) is 31.4. The van der Waals surface area contributed by atoms with Crippen molar-refractivity contribution >= 4 is 181 Å². The van der Waals surface area contributed by atoms with Crippen molar-refractivity contribution in [2.75, 3.05) is 60.0 Å². The molecule has 5 fully saturated rings. The number of ether oxygens (including phenoxy) is 5. The molecule has 132 heavy (non-hydrogen) atoms. The second-order valence-electron chi connectivity index (χ2n) is 31.5. The molecule has 15 nitrogen and oxygen atoms in total. The highest BCUT2D eigenvalue weighted by atomic mass is 127. The molecule has 5 unspecified atom stereocenters. The van der Waals surface area contributed by atoms with Crippen molar-refractivity contribution in [3.05, 3.63) is 449 Å². The van der Waals surface area contributed by atoms with Crippen LogP contribution in [0.1, 0.15) is 95.7 Å². The highest BCUT2D eigenvalue weighted by molar-refractivity contribution is 14.1. The van der Waals surface area contributed by atoms with E-state index in [0.717, 1.165) is 166 Å². The van der Waals surface area contributed by atoms with Crippen molar-refractivity contribution in [3.8, 4) is 28.7 Å². The summed E-state index contributed by atoms with van der Waals surface area (Å²) in [5.41, 5.74) is 18.1. The Morgan fingerprint density at radius 1 is 0.265 bits per heavy atom. The number of nitrogens with zero attached hydrogens (tertiary/aromatic N) is 10. The molecule has 0 radical (unpaired) electrons. The highest BCUT2D eigenvalue weighted by Gasteiger charge is 2.41. The third kappa shape index (κ3) is 23.2. The summed E-state index contributed by atoms with van der Waals surface area (Å²) in [7, 11) is 8.43. The van der Waals surface area contributed by atoms with E-state index in [-0.39, 0.29) is 12.1 Å². The van der Waals surface area contributed by atoms with Crippen LogP contribution in [0.2, 0.25) is 5.02 Å². The van der Waals surface area contributed by atoms with Gasteiger partial charge in [0.05, 0.1) is 94.2 Å². The van der Waals surface area contributed by atoms with Crippen LogP contribution in [0, 0.1) is 7.14 Å². The van der Waals surface area contributed by atoms with Crippen molar-refractivity contribution in [1.29, 1.82) is 0 Å². The minimum atomic E-state index is 0.278. The van der Waals surface area contributed by atoms with E-state index >= 15 is 0 Å². The van der Waals surface area contributed by atoms with E-state index in [1.807, 2.05) is 206 Å². The van der Waals surface area contributed by atoms with E-state index in [9.17, 15) is 0 Å². The van der Waals surface area contributed by atoms with Gasteiger partial charge in [0.1, 0.15) is 57.9 Å². The Morgan fingerprint density at radius 3 is 0.712 bits per heavy atom. The molecule has 15 aromatic carbocycles. The number of para-hydroxylation sites is 3. The molecule has 15 aromatic rings. The zero-order valence-electron chi connectivity index (χ0n) is 73.6. The van der Waals surface area contributed by atoms with Gasteiger partial charge in [-0.15, -0.1) is 0 Å². The molecule has 0 aromatic heterocycles. The number of aliphatic imine (C=N–C) groups is 5. The Morgan fingerprint density at radius 2 is 0.470 bits per heavy atom. The maximum absolute atomic E-state index is 5.99. The molecule has 0 spiro atoms. The number of rotatable bonds is 21. The quantitative estimate of drug-likeness (QED) is 0.0642. The lowest BCUT2D eigenvalue weighted by Crippen LogP contribution is -2.46. The molecule has 0 aliphatic carbocycles. The smallest absolute Gasteiger partial charge is 0.119 e. The van der Waals surface area contributed by atoms with Gasteiger partial charge in [-0.2, -0.15) is 0 Å². The van der Waals surface area contributed by atoms with Gasteiger partial charge in [0.2, 0.25) is 0 Å². The van der Waals surface area contributed by atoms with Gasteiger partial charge in [0.15, 0.2) is 0 Å². The monoisotopic (exact) mass is 2110 g/mol. The second-order valence-corrected chi connectivity index (χ2v) is 36.2. The van der Waals surface area contributed by atoms with Crippen LogP contribution < -0.4 is 48.2 Å². The van der Waals surface area contributed by atoms with Gasteiger partial charge in [0.25, 0.3) is 0 Å². The summed E-state index contributed by atoms with van der Waals surface area (Å²) >= 11 is 17.7. The molecule has 660 valence electrons. The molecule has 5 atom stereocenters. The first-order valence-corrected chi connectivity index (χ1v) is 47.5. The van der Waals surface area contributed by atoms with Gasteiger partial charge >= 0.3 is 0 Å². The summed E-state index contributed by atoms with van der Waals surface area (Å²) in [4.78, 5) is 35.8. The molecule has 5 aliphatic rings. The lowest BCUT2D eigenvalue weighted by atomic mass is 9.91. The van der Waals surface area contributed by atoms with Crippen LogP contribution in [0.25, 0.3) is 6.08 Å². The van der Waals surface area contributed by atoms with Crippen LogP contribution in [0.15, 0.2) is 429 Å². The van der Waals surface area contributed by atoms with E-state index in [1.165, 1.54) is 35.0 Å². The minimum absolute atomic E-state index is 0.278. The molecular formula is C112H97Br2ClI2N10O5. The van der Waals surface area contributed by atoms with Gasteiger partial charge < -0.3 is 48.2 Å². The Bertz CT molecular complexity index is 6260. The molecular weight excluding hydrogens is 2010 g/mol. The first-order valence-electron chi connectivity index (χ1n) is 43.4. The fourth-order valence-corrected chi connectivity index (χ4v) is 17.6. The van der Waals surface area contributed by atoms with Crippen molar-refractivity contribution in [3.63, 3.8) is 0 Å². The Hall–Kier alpha value is -12.9. The number of anilines is 5. The van der Waals surface area contributed by atoms with Crippen LogP contribution in [0.3, 0.4) is 0 Å². The lowest BCUT2D eigenvalue weighted by Gasteiger charge is -2.44. The average Bonchev–Trinajstić information content (AvgIpc) is 0.782. The molecule has 20 rings (SSSR count). The molecule has 20 heteroatoms. The maximum Gasteiger partial charge on any atom is 0.119 e. The standard InChI is InChI=1S/C24H22N2O.2C22H19BrN2O.C22H18ClIN2O.C22H19IN2O/c1-3-18-9-11-19(12-10-18)23-17-24(25-20-7-5-4-6-8-20)26(23)21-13-15-22(27-2)16-14-21;1-26-20-13-11-19(12-14-20)25-21(16-7-9-17(23)10-8-16)15-22(25)24-18-5-3-2-4-6-18;1-26-20-13-11-19(12-14-20)25-21(16-5-3-2-4-6-16)15-22(25)24-18-9-7-17(23)8-10-18;1-27-20-12-10-19(11-13-20)26-21(15-2-6-17(24)7-3-15)14-22(26)25-18-8-4-16(23)5-9-18;1-26-20-13-11-19(12-14-20)25-21(16-7-9-17(23)10-8-16)15-22(25)24-18-5-3-2-4-6-18/h3-16,23H,1,17H2,2H3;2*2-14,21H,15H2,1H3;2-13,21H,14H2,1H3;2-14,21H,15H2,1H3. The van der Waals surface area contributed by atoms with E-state index in [2.05, 4.69) is 296 Å². The maximum atomic E-state index is 5.99. The van der Waals surface area contributed by atoms with Crippen LogP contribution >= 0.6 is 88.6 Å². The molecule has 0 bridgehead atoms. The Labute approximate surface area is 822 Å². The topological polar surface area (TPSA) is 124 Å². The number of methoxy groups -OCH3 is 5. The predicted octanol–water partition coefficient (Wildman–Crippen LogP) is 30.9. The normalized spacial score (nSPS) is 17.7. The van der Waals surface area contributed by atoms with E-state index in [0.29, 0.717) is 18.1 Å². The highest BCUT2D eigenvalue weighted by Crippen LogP contribution is 2.48. The van der Waals surface area contributed by atoms with E-state index in [1.54, 1.807) is 35.5 Å². The predicted molar refractivity (Wildman–Crippen MR) is 570 cm³/mol. The van der Waals surface area contributed by atoms with Crippen LogP contribution in [0.5, 0.6) is 28.7 Å². The summed E-state index contributed by atoms with van der Waals surface area (Å²) in [6, 6.07) is 133. The number of halogens is 5. The largest absolute Gasteiger partial charge is 0.497 e. The minimum Gasteiger partial charge on any atom is -0.497 e. The molecule has 0 saturated carbocycles. The molecule has 5 aliphatic heterocycles.